The molecule has 2 aromatic carbocycles. The van der Waals surface area contributed by atoms with E-state index in [1.54, 1.807) is 0 Å². The number of hydrogen-bond donors (Lipinski definition) is 0. The Morgan fingerprint density at radius 3 is 2.55 bits per heavy atom. The Morgan fingerprint density at radius 1 is 1.09 bits per heavy atom. The summed E-state index contributed by atoms with van der Waals surface area (Å²) in [6.45, 7) is 0. The molecule has 3 aromatic rings. The average molecular weight is 367 g/mol. The molecule has 22 heavy (non-hydrogen) atoms. The zero-order valence-electron chi connectivity index (χ0n) is 11.5. The van der Waals surface area contributed by atoms with Gasteiger partial charge in [-0.3, -0.25) is 0 Å². The standard InChI is InChI=1S/C18H11BrN2S/c19-16-9-5-4-8-14(16)10-15(11-20)18-21-17(12-22-18)13-6-2-1-3-7-13/h1-10,12H/b15-10+. The number of nitriles is 1. The van der Waals surface area contributed by atoms with Gasteiger partial charge >= 0.3 is 0 Å². The van der Waals surface area contributed by atoms with E-state index in [4.69, 9.17) is 0 Å². The Morgan fingerprint density at radius 2 is 1.82 bits per heavy atom. The highest BCUT2D eigenvalue weighted by molar-refractivity contribution is 9.10. The van der Waals surface area contributed by atoms with E-state index in [2.05, 4.69) is 27.0 Å². The second-order valence-electron chi connectivity index (χ2n) is 4.60. The smallest absolute Gasteiger partial charge is 0.134 e. The minimum absolute atomic E-state index is 0.569. The van der Waals surface area contributed by atoms with Gasteiger partial charge in [0, 0.05) is 15.4 Å². The fraction of sp³-hybridized carbons (Fsp3) is 0. The first-order valence-corrected chi connectivity index (χ1v) is 8.33. The van der Waals surface area contributed by atoms with Gasteiger partial charge in [0.1, 0.15) is 11.1 Å². The van der Waals surface area contributed by atoms with Gasteiger partial charge in [0.15, 0.2) is 0 Å². The Labute approximate surface area is 141 Å². The van der Waals surface area contributed by atoms with Gasteiger partial charge in [0.05, 0.1) is 11.3 Å². The lowest BCUT2D eigenvalue weighted by Crippen LogP contribution is -1.83. The Kier molecular flexibility index (Phi) is 4.47. The summed E-state index contributed by atoms with van der Waals surface area (Å²) in [7, 11) is 0. The summed E-state index contributed by atoms with van der Waals surface area (Å²) >= 11 is 4.98. The maximum atomic E-state index is 9.44. The van der Waals surface area contributed by atoms with Crippen molar-refractivity contribution in [1.29, 1.82) is 5.26 Å². The zero-order valence-corrected chi connectivity index (χ0v) is 13.9. The second kappa shape index (κ2) is 6.69. The molecule has 4 heteroatoms. The van der Waals surface area contributed by atoms with E-state index in [1.807, 2.05) is 66.1 Å². The number of nitrogens with zero attached hydrogens (tertiary/aromatic N) is 2. The summed E-state index contributed by atoms with van der Waals surface area (Å²) in [5.41, 5.74) is 3.49. The lowest BCUT2D eigenvalue weighted by molar-refractivity contribution is 1.37. The van der Waals surface area contributed by atoms with Crippen LogP contribution in [-0.2, 0) is 0 Å². The third-order valence-electron chi connectivity index (χ3n) is 3.13. The highest BCUT2D eigenvalue weighted by Crippen LogP contribution is 2.28. The lowest BCUT2D eigenvalue weighted by Gasteiger charge is -1.99. The third kappa shape index (κ3) is 3.16. The molecular formula is C18H11BrN2S. The van der Waals surface area contributed by atoms with Crippen molar-refractivity contribution < 1.29 is 0 Å². The van der Waals surface area contributed by atoms with Gasteiger partial charge in [-0.15, -0.1) is 11.3 Å². The van der Waals surface area contributed by atoms with Crippen LogP contribution in [-0.4, -0.2) is 4.98 Å². The van der Waals surface area contributed by atoms with Gasteiger partial charge in [-0.25, -0.2) is 4.98 Å². The Bertz CT molecular complexity index is 860. The van der Waals surface area contributed by atoms with E-state index in [9.17, 15) is 5.26 Å². The zero-order chi connectivity index (χ0) is 15.4. The van der Waals surface area contributed by atoms with E-state index in [1.165, 1.54) is 11.3 Å². The summed E-state index contributed by atoms with van der Waals surface area (Å²) in [5.74, 6) is 0. The van der Waals surface area contributed by atoms with Crippen molar-refractivity contribution in [2.24, 2.45) is 0 Å². The first-order chi connectivity index (χ1) is 10.8. The van der Waals surface area contributed by atoms with Crippen LogP contribution in [0.1, 0.15) is 10.6 Å². The minimum Gasteiger partial charge on any atom is -0.235 e. The highest BCUT2D eigenvalue weighted by Gasteiger charge is 2.09. The molecule has 1 aromatic heterocycles. The van der Waals surface area contributed by atoms with E-state index < -0.39 is 0 Å². The molecule has 0 radical (unpaired) electrons. The minimum atomic E-state index is 0.569. The fourth-order valence-electron chi connectivity index (χ4n) is 2.03. The van der Waals surface area contributed by atoms with Gasteiger partial charge in [0.25, 0.3) is 0 Å². The molecule has 0 spiro atoms. The van der Waals surface area contributed by atoms with Crippen molar-refractivity contribution in [3.63, 3.8) is 0 Å². The molecule has 0 bridgehead atoms. The summed E-state index contributed by atoms with van der Waals surface area (Å²) in [6.07, 6.45) is 1.86. The first-order valence-electron chi connectivity index (χ1n) is 6.65. The van der Waals surface area contributed by atoms with Gasteiger partial charge in [-0.1, -0.05) is 64.5 Å². The number of thiazole rings is 1. The Hall–Kier alpha value is -2.22. The van der Waals surface area contributed by atoms with Crippen molar-refractivity contribution in [2.75, 3.05) is 0 Å². The number of allylic oxidation sites excluding steroid dienone is 1. The molecule has 3 rings (SSSR count). The maximum Gasteiger partial charge on any atom is 0.134 e. The van der Waals surface area contributed by atoms with Crippen LogP contribution >= 0.6 is 27.3 Å². The summed E-state index contributed by atoms with van der Waals surface area (Å²) < 4.78 is 0.961. The summed E-state index contributed by atoms with van der Waals surface area (Å²) in [6, 6.07) is 20.0. The maximum absolute atomic E-state index is 9.44. The molecule has 0 N–H and O–H groups in total. The van der Waals surface area contributed by atoms with Gasteiger partial charge in [-0.2, -0.15) is 5.26 Å². The molecule has 0 aliphatic carbocycles. The SMILES string of the molecule is N#C/C(=C\c1ccccc1Br)c1nc(-c2ccccc2)cs1. The van der Waals surface area contributed by atoms with E-state index in [0.29, 0.717) is 5.57 Å². The molecule has 0 amide bonds. The van der Waals surface area contributed by atoms with Crippen LogP contribution in [0.15, 0.2) is 64.5 Å². The summed E-state index contributed by atoms with van der Waals surface area (Å²) in [5, 5.41) is 12.2. The third-order valence-corrected chi connectivity index (χ3v) is 4.73. The largest absolute Gasteiger partial charge is 0.235 e. The average Bonchev–Trinajstić information content (AvgIpc) is 3.05. The molecule has 0 fully saturated rings. The molecule has 0 saturated carbocycles. The Balaban J connectivity index is 1.98. The molecule has 0 unspecified atom stereocenters. The van der Waals surface area contributed by atoms with E-state index >= 15 is 0 Å². The molecule has 0 saturated heterocycles. The van der Waals surface area contributed by atoms with Gasteiger partial charge < -0.3 is 0 Å². The number of hydrogen-bond acceptors (Lipinski definition) is 3. The lowest BCUT2D eigenvalue weighted by atomic mass is 10.1. The molecule has 0 aliphatic heterocycles. The van der Waals surface area contributed by atoms with Crippen molar-refractivity contribution in [3.8, 4) is 17.3 Å². The quantitative estimate of drug-likeness (QED) is 0.562. The molecule has 0 atom stereocenters. The second-order valence-corrected chi connectivity index (χ2v) is 6.31. The monoisotopic (exact) mass is 366 g/mol. The van der Waals surface area contributed by atoms with Crippen molar-refractivity contribution in [3.05, 3.63) is 75.0 Å². The van der Waals surface area contributed by atoms with E-state index in [-0.39, 0.29) is 0 Å². The molecule has 1 heterocycles. The predicted molar refractivity (Wildman–Crippen MR) is 95.2 cm³/mol. The van der Waals surface area contributed by atoms with Crippen LogP contribution in [0, 0.1) is 11.3 Å². The number of aromatic nitrogens is 1. The molecular weight excluding hydrogens is 356 g/mol. The van der Waals surface area contributed by atoms with Crippen molar-refractivity contribution in [2.45, 2.75) is 0 Å². The predicted octanol–water partition coefficient (Wildman–Crippen LogP) is 5.64. The van der Waals surface area contributed by atoms with E-state index in [0.717, 1.165) is 26.3 Å². The normalized spacial score (nSPS) is 11.2. The first kappa shape index (κ1) is 14.7. The number of benzene rings is 2. The number of rotatable bonds is 3. The molecule has 106 valence electrons. The van der Waals surface area contributed by atoms with Crippen LogP contribution in [0.2, 0.25) is 0 Å². The van der Waals surface area contributed by atoms with Gasteiger partial charge in [-0.05, 0) is 17.7 Å². The van der Waals surface area contributed by atoms with Crippen LogP contribution in [0.4, 0.5) is 0 Å². The fourth-order valence-corrected chi connectivity index (χ4v) is 3.22. The molecule has 0 aliphatic rings. The molecule has 2 nitrogen and oxygen atoms in total. The van der Waals surface area contributed by atoms with Crippen LogP contribution in [0.25, 0.3) is 22.9 Å². The van der Waals surface area contributed by atoms with Crippen LogP contribution in [0.5, 0.6) is 0 Å². The summed E-state index contributed by atoms with van der Waals surface area (Å²) in [4.78, 5) is 4.59. The van der Waals surface area contributed by atoms with Crippen molar-refractivity contribution in [1.82, 2.24) is 4.98 Å². The van der Waals surface area contributed by atoms with Crippen molar-refractivity contribution >= 4 is 38.9 Å². The highest BCUT2D eigenvalue weighted by atomic mass is 79.9. The number of halogens is 1. The topological polar surface area (TPSA) is 36.7 Å². The van der Waals surface area contributed by atoms with Gasteiger partial charge in [0.2, 0.25) is 0 Å². The van der Waals surface area contributed by atoms with Crippen LogP contribution in [0.3, 0.4) is 0 Å². The van der Waals surface area contributed by atoms with Crippen LogP contribution < -0.4 is 0 Å².